The van der Waals surface area contributed by atoms with E-state index in [1.165, 1.54) is 6.42 Å². The van der Waals surface area contributed by atoms with Crippen LogP contribution in [0.2, 0.25) is 19.6 Å². The number of fused-ring (bicyclic) bond motifs is 3. The van der Waals surface area contributed by atoms with Crippen LogP contribution in [0.5, 0.6) is 0 Å². The highest BCUT2D eigenvalue weighted by Crippen LogP contribution is 2.43. The Morgan fingerprint density at radius 1 is 1.13 bits per heavy atom. The zero-order valence-electron chi connectivity index (χ0n) is 9.26. The average Bonchev–Trinajstić information content (AvgIpc) is 2.68. The molecule has 0 saturated heterocycles. The summed E-state index contributed by atoms with van der Waals surface area (Å²) >= 11 is 3.95. The molecule has 2 aromatic rings. The topological polar surface area (TPSA) is 0 Å². The molecular formula is C12H14S2Si. The molecule has 0 unspecified atom stereocenters. The number of hydrogen-bond acceptors (Lipinski definition) is 2. The smallest absolute Gasteiger partial charge is 0.0904 e. The van der Waals surface area contributed by atoms with E-state index in [9.17, 15) is 0 Å². The fraction of sp³-hybridized carbons (Fsp3) is 0.333. The van der Waals surface area contributed by atoms with Gasteiger partial charge in [0.1, 0.15) is 0 Å². The molecule has 0 fully saturated rings. The van der Waals surface area contributed by atoms with Crippen molar-refractivity contribution in [3.8, 4) is 9.75 Å². The molecule has 0 radical (unpaired) electrons. The van der Waals surface area contributed by atoms with E-state index in [4.69, 9.17) is 0 Å². The Kier molecular flexibility index (Phi) is 2.00. The molecule has 0 bridgehead atoms. The standard InChI is InChI=1S/C12H14S2Si/c1-15(2,3)10-7-9-6-8-4-5-13-11(8)12(9)14-10/h4-5,7H,6H2,1-3H3. The van der Waals surface area contributed by atoms with Crippen LogP contribution in [-0.4, -0.2) is 8.07 Å². The molecule has 3 heteroatoms. The second-order valence-electron chi connectivity index (χ2n) is 5.17. The van der Waals surface area contributed by atoms with E-state index >= 15 is 0 Å². The van der Waals surface area contributed by atoms with E-state index in [2.05, 4.69) is 37.2 Å². The van der Waals surface area contributed by atoms with Crippen LogP contribution in [0.4, 0.5) is 0 Å². The van der Waals surface area contributed by atoms with Crippen molar-refractivity contribution >= 4 is 35.2 Å². The predicted octanol–water partition coefficient (Wildman–Crippen LogP) is 3.93. The average molecular weight is 250 g/mol. The van der Waals surface area contributed by atoms with Crippen molar-refractivity contribution < 1.29 is 0 Å². The van der Waals surface area contributed by atoms with E-state index < -0.39 is 8.07 Å². The van der Waals surface area contributed by atoms with Crippen molar-refractivity contribution in [2.45, 2.75) is 26.1 Å². The number of rotatable bonds is 1. The highest BCUT2D eigenvalue weighted by molar-refractivity contribution is 7.31. The maximum absolute atomic E-state index is 2.47. The van der Waals surface area contributed by atoms with Gasteiger partial charge in [-0.15, -0.1) is 22.7 Å². The molecule has 1 aliphatic carbocycles. The van der Waals surface area contributed by atoms with Crippen molar-refractivity contribution in [2.24, 2.45) is 0 Å². The lowest BCUT2D eigenvalue weighted by Crippen LogP contribution is -2.34. The van der Waals surface area contributed by atoms with Crippen LogP contribution in [-0.2, 0) is 6.42 Å². The molecule has 0 atom stereocenters. The van der Waals surface area contributed by atoms with Gasteiger partial charge in [0.05, 0.1) is 8.07 Å². The summed E-state index contributed by atoms with van der Waals surface area (Å²) in [7, 11) is -1.10. The van der Waals surface area contributed by atoms with Gasteiger partial charge in [-0.25, -0.2) is 0 Å². The molecule has 0 aromatic carbocycles. The first kappa shape index (κ1) is 9.82. The lowest BCUT2D eigenvalue weighted by atomic mass is 10.2. The summed E-state index contributed by atoms with van der Waals surface area (Å²) in [5, 5.41) is 2.22. The maximum Gasteiger partial charge on any atom is 0.0904 e. The van der Waals surface area contributed by atoms with Crippen LogP contribution in [0.15, 0.2) is 17.5 Å². The predicted molar refractivity (Wildman–Crippen MR) is 73.4 cm³/mol. The summed E-state index contributed by atoms with van der Waals surface area (Å²) in [5.41, 5.74) is 3.13. The van der Waals surface area contributed by atoms with Gasteiger partial charge in [0.15, 0.2) is 0 Å². The Morgan fingerprint density at radius 3 is 2.67 bits per heavy atom. The van der Waals surface area contributed by atoms with Gasteiger partial charge in [-0.3, -0.25) is 0 Å². The van der Waals surface area contributed by atoms with Crippen LogP contribution < -0.4 is 4.50 Å². The van der Waals surface area contributed by atoms with Gasteiger partial charge < -0.3 is 0 Å². The van der Waals surface area contributed by atoms with Crippen LogP contribution in [0.25, 0.3) is 9.75 Å². The van der Waals surface area contributed by atoms with Crippen LogP contribution in [0.1, 0.15) is 11.1 Å². The fourth-order valence-electron chi connectivity index (χ4n) is 2.00. The third kappa shape index (κ3) is 1.45. The maximum atomic E-state index is 2.47. The summed E-state index contributed by atoms with van der Waals surface area (Å²) in [5.74, 6) is 0. The van der Waals surface area contributed by atoms with E-state index in [0.717, 1.165) is 0 Å². The molecule has 0 saturated carbocycles. The van der Waals surface area contributed by atoms with Gasteiger partial charge in [0, 0.05) is 16.2 Å². The molecule has 78 valence electrons. The van der Waals surface area contributed by atoms with E-state index in [0.29, 0.717) is 0 Å². The first-order chi connectivity index (χ1) is 7.05. The molecule has 2 heterocycles. The summed E-state index contributed by atoms with van der Waals surface area (Å²) < 4.78 is 1.66. The minimum atomic E-state index is -1.10. The largest absolute Gasteiger partial charge is 0.144 e. The van der Waals surface area contributed by atoms with Crippen molar-refractivity contribution in [1.29, 1.82) is 0 Å². The number of hydrogen-bond donors (Lipinski definition) is 0. The van der Waals surface area contributed by atoms with Gasteiger partial charge in [-0.05, 0) is 33.1 Å². The summed E-state index contributed by atoms with van der Waals surface area (Å²) in [4.78, 5) is 3.11. The quantitative estimate of drug-likeness (QED) is 0.574. The van der Waals surface area contributed by atoms with Gasteiger partial charge in [-0.2, -0.15) is 0 Å². The van der Waals surface area contributed by atoms with E-state index in [1.807, 2.05) is 22.7 Å². The summed E-state index contributed by atoms with van der Waals surface area (Å²) in [6.45, 7) is 7.30. The first-order valence-corrected chi connectivity index (χ1v) is 10.5. The minimum Gasteiger partial charge on any atom is -0.144 e. The Bertz CT molecular complexity index is 514. The highest BCUT2D eigenvalue weighted by Gasteiger charge is 2.27. The zero-order valence-corrected chi connectivity index (χ0v) is 11.9. The van der Waals surface area contributed by atoms with Crippen LogP contribution >= 0.6 is 22.7 Å². The summed E-state index contributed by atoms with van der Waals surface area (Å²) in [6, 6.07) is 4.75. The van der Waals surface area contributed by atoms with Gasteiger partial charge in [0.2, 0.25) is 0 Å². The minimum absolute atomic E-state index is 1.10. The number of thiophene rings is 2. The van der Waals surface area contributed by atoms with Crippen molar-refractivity contribution in [3.05, 3.63) is 28.6 Å². The second-order valence-corrected chi connectivity index (χ2v) is 12.5. The lowest BCUT2D eigenvalue weighted by Gasteiger charge is -2.12. The molecule has 0 nitrogen and oxygen atoms in total. The van der Waals surface area contributed by atoms with Crippen molar-refractivity contribution in [3.63, 3.8) is 0 Å². The Morgan fingerprint density at radius 2 is 1.93 bits per heavy atom. The molecule has 0 aliphatic heterocycles. The molecule has 0 spiro atoms. The molecule has 0 amide bonds. The zero-order chi connectivity index (χ0) is 10.6. The van der Waals surface area contributed by atoms with Gasteiger partial charge in [0.25, 0.3) is 0 Å². The molecule has 2 aromatic heterocycles. The molecule has 3 rings (SSSR count). The molecule has 0 N–H and O–H groups in total. The highest BCUT2D eigenvalue weighted by atomic mass is 32.1. The molecular weight excluding hydrogens is 236 g/mol. The Hall–Kier alpha value is -0.383. The van der Waals surface area contributed by atoms with Gasteiger partial charge in [-0.1, -0.05) is 19.6 Å². The normalized spacial score (nSPS) is 14.1. The lowest BCUT2D eigenvalue weighted by molar-refractivity contribution is 1.29. The van der Waals surface area contributed by atoms with Crippen LogP contribution in [0.3, 0.4) is 0 Å². The van der Waals surface area contributed by atoms with Gasteiger partial charge >= 0.3 is 0 Å². The monoisotopic (exact) mass is 250 g/mol. The second kappa shape index (κ2) is 3.06. The third-order valence-corrected chi connectivity index (χ3v) is 8.76. The third-order valence-electron chi connectivity index (χ3n) is 2.88. The Labute approximate surface area is 99.6 Å². The van der Waals surface area contributed by atoms with E-state index in [1.54, 1.807) is 25.4 Å². The Balaban J connectivity index is 2.14. The van der Waals surface area contributed by atoms with Crippen LogP contribution in [0, 0.1) is 0 Å². The van der Waals surface area contributed by atoms with E-state index in [-0.39, 0.29) is 0 Å². The molecule has 15 heavy (non-hydrogen) atoms. The fourth-order valence-corrected chi connectivity index (χ4v) is 6.21. The SMILES string of the molecule is C[Si](C)(C)c1cc2c(s1)-c1sccc1C2. The molecule has 1 aliphatic rings. The van der Waals surface area contributed by atoms with Crippen molar-refractivity contribution in [2.75, 3.05) is 0 Å². The van der Waals surface area contributed by atoms with Crippen molar-refractivity contribution in [1.82, 2.24) is 0 Å². The summed E-state index contributed by atoms with van der Waals surface area (Å²) in [6.07, 6.45) is 1.18. The first-order valence-electron chi connectivity index (χ1n) is 5.25.